The van der Waals surface area contributed by atoms with Crippen LogP contribution in [0.1, 0.15) is 48.9 Å². The van der Waals surface area contributed by atoms with Crippen LogP contribution < -0.4 is 15.4 Å². The monoisotopic (exact) mass is 394 g/mol. The summed E-state index contributed by atoms with van der Waals surface area (Å²) in [6, 6.07) is 11.7. The lowest BCUT2D eigenvalue weighted by molar-refractivity contribution is -0.0101. The highest BCUT2D eigenvalue weighted by molar-refractivity contribution is 7.80. The number of rotatable bonds is 3. The van der Waals surface area contributed by atoms with Gasteiger partial charge in [-0.05, 0) is 91.4 Å². The van der Waals surface area contributed by atoms with Gasteiger partial charge in [0.2, 0.25) is 0 Å². The first kappa shape index (κ1) is 17.9. The van der Waals surface area contributed by atoms with Gasteiger partial charge in [0.25, 0.3) is 5.91 Å². The molecule has 0 saturated heterocycles. The lowest BCUT2D eigenvalue weighted by Crippen LogP contribution is -2.61. The van der Waals surface area contributed by atoms with Gasteiger partial charge in [0, 0.05) is 5.54 Å². The molecule has 4 fully saturated rings. The van der Waals surface area contributed by atoms with E-state index < -0.39 is 0 Å². The number of carbonyl (C=O) groups excluding carboxylic acids is 1. The zero-order chi connectivity index (χ0) is 19.3. The van der Waals surface area contributed by atoms with Crippen LogP contribution in [0.2, 0.25) is 0 Å². The van der Waals surface area contributed by atoms with Crippen molar-refractivity contribution in [2.24, 2.45) is 17.8 Å². The van der Waals surface area contributed by atoms with Crippen LogP contribution in [-0.2, 0) is 0 Å². The molecule has 28 heavy (non-hydrogen) atoms. The van der Waals surface area contributed by atoms with Crippen molar-refractivity contribution >= 4 is 34.0 Å². The van der Waals surface area contributed by atoms with Gasteiger partial charge in [0.15, 0.2) is 5.11 Å². The van der Waals surface area contributed by atoms with Crippen molar-refractivity contribution in [3.8, 4) is 5.75 Å². The third kappa shape index (κ3) is 3.16. The highest BCUT2D eigenvalue weighted by atomic mass is 32.1. The maximum Gasteiger partial charge on any atom is 0.261 e. The summed E-state index contributed by atoms with van der Waals surface area (Å²) in [6.45, 7) is 0. The van der Waals surface area contributed by atoms with Gasteiger partial charge >= 0.3 is 0 Å². The second-order valence-corrected chi connectivity index (χ2v) is 9.41. The first-order chi connectivity index (χ1) is 13.5. The summed E-state index contributed by atoms with van der Waals surface area (Å²) in [6.07, 6.45) is 7.72. The fraction of sp³-hybridized carbons (Fsp3) is 0.478. The number of nitrogens with one attached hydrogen (secondary N) is 2. The molecule has 146 valence electrons. The number of hydrogen-bond donors (Lipinski definition) is 2. The van der Waals surface area contributed by atoms with Crippen molar-refractivity contribution in [2.75, 3.05) is 7.11 Å². The Hall–Kier alpha value is -2.14. The van der Waals surface area contributed by atoms with Crippen molar-refractivity contribution in [3.05, 3.63) is 42.0 Å². The molecule has 0 radical (unpaired) electrons. The number of ether oxygens (including phenoxy) is 1. The van der Waals surface area contributed by atoms with Crippen molar-refractivity contribution < 1.29 is 9.53 Å². The van der Waals surface area contributed by atoms with E-state index in [9.17, 15) is 4.79 Å². The summed E-state index contributed by atoms with van der Waals surface area (Å²) in [5.41, 5.74) is 0.600. The van der Waals surface area contributed by atoms with Gasteiger partial charge < -0.3 is 10.1 Å². The van der Waals surface area contributed by atoms with E-state index in [-0.39, 0.29) is 11.4 Å². The van der Waals surface area contributed by atoms with E-state index in [2.05, 4.69) is 10.6 Å². The Morgan fingerprint density at radius 1 is 1.04 bits per heavy atom. The van der Waals surface area contributed by atoms with Gasteiger partial charge in [-0.2, -0.15) is 0 Å². The number of benzene rings is 2. The van der Waals surface area contributed by atoms with Gasteiger partial charge in [0.1, 0.15) is 5.75 Å². The Morgan fingerprint density at radius 2 is 1.61 bits per heavy atom. The molecule has 1 amide bonds. The first-order valence-electron chi connectivity index (χ1n) is 10.2. The molecule has 4 aliphatic carbocycles. The molecule has 4 nitrogen and oxygen atoms in total. The molecule has 4 aliphatic rings. The molecule has 0 aromatic heterocycles. The molecule has 0 heterocycles. The molecular weight excluding hydrogens is 368 g/mol. The number of hydrogen-bond acceptors (Lipinski definition) is 3. The number of thiocarbonyl (C=S) groups is 1. The number of carbonyl (C=O) groups is 1. The standard InChI is InChI=1S/C23H26N2O2S/c1-27-20-10-18-5-3-2-4-17(18)9-19(20)21(26)24-22(28)25-23-11-14-6-15(12-23)8-16(7-14)13-23/h2-5,9-10,14-16H,6-8,11-13H2,1H3,(H2,24,25,26,28). The molecule has 0 spiro atoms. The van der Waals surface area contributed by atoms with Gasteiger partial charge in [-0.3, -0.25) is 10.1 Å². The molecule has 2 aromatic rings. The molecule has 4 bridgehead atoms. The van der Waals surface area contributed by atoms with E-state index in [1.165, 1.54) is 38.5 Å². The summed E-state index contributed by atoms with van der Waals surface area (Å²) >= 11 is 5.56. The van der Waals surface area contributed by atoms with Crippen LogP contribution in [0.5, 0.6) is 5.75 Å². The molecule has 0 aliphatic heterocycles. The second kappa shape index (κ2) is 6.73. The predicted octanol–water partition coefficient (Wildman–Crippen LogP) is 4.42. The molecule has 2 aromatic carbocycles. The smallest absolute Gasteiger partial charge is 0.261 e. The molecule has 4 saturated carbocycles. The van der Waals surface area contributed by atoms with Crippen LogP contribution in [-0.4, -0.2) is 23.7 Å². The van der Waals surface area contributed by atoms with E-state index in [1.807, 2.05) is 36.4 Å². The van der Waals surface area contributed by atoms with E-state index in [4.69, 9.17) is 17.0 Å². The minimum Gasteiger partial charge on any atom is -0.496 e. The van der Waals surface area contributed by atoms with Crippen LogP contribution >= 0.6 is 12.2 Å². The average Bonchev–Trinajstić information content (AvgIpc) is 2.65. The largest absolute Gasteiger partial charge is 0.496 e. The van der Waals surface area contributed by atoms with Crippen molar-refractivity contribution in [1.82, 2.24) is 10.6 Å². The van der Waals surface area contributed by atoms with Gasteiger partial charge in [0.05, 0.1) is 12.7 Å². The van der Waals surface area contributed by atoms with Gasteiger partial charge in [-0.25, -0.2) is 0 Å². The maximum atomic E-state index is 12.9. The topological polar surface area (TPSA) is 50.4 Å². The lowest BCUT2D eigenvalue weighted by Gasteiger charge is -2.57. The van der Waals surface area contributed by atoms with E-state index in [0.29, 0.717) is 16.4 Å². The van der Waals surface area contributed by atoms with E-state index in [1.54, 1.807) is 7.11 Å². The highest BCUT2D eigenvalue weighted by Gasteiger charge is 2.51. The third-order valence-electron chi connectivity index (χ3n) is 6.96. The minimum atomic E-state index is -0.218. The Bertz CT molecular complexity index is 919. The van der Waals surface area contributed by atoms with Gasteiger partial charge in [-0.1, -0.05) is 24.3 Å². The van der Waals surface area contributed by atoms with Crippen LogP contribution in [0.25, 0.3) is 10.8 Å². The maximum absolute atomic E-state index is 12.9. The molecule has 0 unspecified atom stereocenters. The lowest BCUT2D eigenvalue weighted by atomic mass is 9.53. The van der Waals surface area contributed by atoms with Gasteiger partial charge in [-0.15, -0.1) is 0 Å². The highest BCUT2D eigenvalue weighted by Crippen LogP contribution is 2.55. The Morgan fingerprint density at radius 3 is 2.18 bits per heavy atom. The Labute approximate surface area is 171 Å². The molecule has 6 rings (SSSR count). The average molecular weight is 395 g/mol. The summed E-state index contributed by atoms with van der Waals surface area (Å²) < 4.78 is 5.47. The van der Waals surface area contributed by atoms with E-state index in [0.717, 1.165) is 28.5 Å². The Balaban J connectivity index is 1.33. The summed E-state index contributed by atoms with van der Waals surface area (Å²) in [4.78, 5) is 12.9. The predicted molar refractivity (Wildman–Crippen MR) is 115 cm³/mol. The van der Waals surface area contributed by atoms with E-state index >= 15 is 0 Å². The normalized spacial score (nSPS) is 30.2. The molecular formula is C23H26N2O2S. The van der Waals surface area contributed by atoms with Crippen LogP contribution in [0.15, 0.2) is 36.4 Å². The van der Waals surface area contributed by atoms with Crippen molar-refractivity contribution in [2.45, 2.75) is 44.1 Å². The van der Waals surface area contributed by atoms with Crippen molar-refractivity contribution in [1.29, 1.82) is 0 Å². The summed E-state index contributed by atoms with van der Waals surface area (Å²) in [7, 11) is 1.59. The SMILES string of the molecule is COc1cc2ccccc2cc1C(=O)NC(=S)NC12CC3CC(CC(C3)C1)C2. The molecule has 0 atom stereocenters. The third-order valence-corrected chi connectivity index (χ3v) is 7.16. The number of amides is 1. The second-order valence-electron chi connectivity index (χ2n) is 9.01. The summed E-state index contributed by atoms with van der Waals surface area (Å²) in [5.74, 6) is 2.84. The van der Waals surface area contributed by atoms with Crippen LogP contribution in [0, 0.1) is 17.8 Å². The fourth-order valence-corrected chi connectivity index (χ4v) is 6.58. The minimum absolute atomic E-state index is 0.0899. The molecule has 2 N–H and O–H groups in total. The van der Waals surface area contributed by atoms with Crippen LogP contribution in [0.4, 0.5) is 0 Å². The number of methoxy groups -OCH3 is 1. The quantitative estimate of drug-likeness (QED) is 0.757. The Kier molecular flexibility index (Phi) is 4.31. The molecule has 5 heteroatoms. The van der Waals surface area contributed by atoms with Crippen molar-refractivity contribution in [3.63, 3.8) is 0 Å². The zero-order valence-corrected chi connectivity index (χ0v) is 17.0. The number of fused-ring (bicyclic) bond motifs is 1. The zero-order valence-electron chi connectivity index (χ0n) is 16.2. The summed E-state index contributed by atoms with van der Waals surface area (Å²) in [5, 5.41) is 8.97. The first-order valence-corrected chi connectivity index (χ1v) is 10.6. The van der Waals surface area contributed by atoms with Crippen LogP contribution in [0.3, 0.4) is 0 Å². The fourth-order valence-electron chi connectivity index (χ4n) is 6.27.